The van der Waals surface area contributed by atoms with E-state index in [2.05, 4.69) is 26.5 Å². The second-order valence-electron chi connectivity index (χ2n) is 6.90. The summed E-state index contributed by atoms with van der Waals surface area (Å²) in [7, 11) is 0. The van der Waals surface area contributed by atoms with Crippen molar-refractivity contribution in [2.24, 2.45) is 5.10 Å². The molecule has 1 aliphatic carbocycles. The minimum atomic E-state index is -0.108. The lowest BCUT2D eigenvalue weighted by atomic mass is 9.91. The predicted octanol–water partition coefficient (Wildman–Crippen LogP) is 2.76. The van der Waals surface area contributed by atoms with Gasteiger partial charge in [-0.1, -0.05) is 25.3 Å². The Labute approximate surface area is 134 Å². The van der Waals surface area contributed by atoms with E-state index in [1.54, 1.807) is 0 Å². The molecule has 5 nitrogen and oxygen atoms in total. The molecule has 23 heavy (non-hydrogen) atoms. The molecule has 3 heterocycles. The molecule has 1 fully saturated rings. The molecular formula is C18H20N4O. The van der Waals surface area contributed by atoms with Gasteiger partial charge in [0.1, 0.15) is 0 Å². The Bertz CT molecular complexity index is 829. The zero-order chi connectivity index (χ0) is 15.4. The zero-order valence-corrected chi connectivity index (χ0v) is 13.1. The van der Waals surface area contributed by atoms with Crippen LogP contribution in [0.4, 0.5) is 0 Å². The van der Waals surface area contributed by atoms with E-state index in [1.165, 1.54) is 37.8 Å². The molecule has 0 bridgehead atoms. The smallest absolute Gasteiger partial charge is 0.272 e. The summed E-state index contributed by atoms with van der Waals surface area (Å²) in [4.78, 5) is 18.4. The van der Waals surface area contributed by atoms with Gasteiger partial charge in [0.05, 0.1) is 11.3 Å². The Kier molecular flexibility index (Phi) is 2.85. The quantitative estimate of drug-likeness (QED) is 0.851. The number of nitrogens with zero attached hydrogens (tertiary/aromatic N) is 2. The van der Waals surface area contributed by atoms with Gasteiger partial charge in [-0.25, -0.2) is 5.43 Å². The van der Waals surface area contributed by atoms with Crippen LogP contribution in [0.1, 0.15) is 53.7 Å². The molecule has 0 spiro atoms. The molecule has 5 heteroatoms. The number of H-pyrrole nitrogens is 1. The Morgan fingerprint density at radius 3 is 2.87 bits per heavy atom. The van der Waals surface area contributed by atoms with Gasteiger partial charge in [0.2, 0.25) is 0 Å². The number of hydrogen-bond donors (Lipinski definition) is 2. The molecule has 3 aliphatic rings. The van der Waals surface area contributed by atoms with Crippen LogP contribution < -0.4 is 5.43 Å². The van der Waals surface area contributed by atoms with E-state index in [4.69, 9.17) is 0 Å². The van der Waals surface area contributed by atoms with Crippen molar-refractivity contribution in [2.45, 2.75) is 44.7 Å². The predicted molar refractivity (Wildman–Crippen MR) is 89.6 cm³/mol. The number of carbonyl (C=O) groups is 1. The fourth-order valence-corrected chi connectivity index (χ4v) is 4.43. The highest BCUT2D eigenvalue weighted by molar-refractivity contribution is 6.21. The standard InChI is InChI=1S/C18H20N4O/c23-18-12-7-4-8-13-16(12)17-14(19-13)9-22(10-15(17)20-21-18)11-5-2-1-3-6-11/h4,7-8,11,19H,1-3,5-6,9-10H2,(H,21,23). The maximum atomic E-state index is 12.3. The lowest BCUT2D eigenvalue weighted by Gasteiger charge is -2.36. The fourth-order valence-electron chi connectivity index (χ4n) is 4.43. The first-order chi connectivity index (χ1) is 11.3. The molecule has 0 unspecified atom stereocenters. The third-order valence-corrected chi connectivity index (χ3v) is 5.53. The molecule has 0 saturated heterocycles. The molecule has 118 valence electrons. The van der Waals surface area contributed by atoms with Crippen LogP contribution in [-0.2, 0) is 6.54 Å². The van der Waals surface area contributed by atoms with Crippen LogP contribution in [0, 0.1) is 0 Å². The summed E-state index contributed by atoms with van der Waals surface area (Å²) in [5.74, 6) is -0.108. The highest BCUT2D eigenvalue weighted by Gasteiger charge is 2.33. The van der Waals surface area contributed by atoms with Crippen molar-refractivity contribution >= 4 is 22.5 Å². The van der Waals surface area contributed by atoms with Crippen LogP contribution in [0.15, 0.2) is 23.3 Å². The first-order valence-electron chi connectivity index (χ1n) is 8.56. The van der Waals surface area contributed by atoms with Crippen molar-refractivity contribution in [2.75, 3.05) is 6.54 Å². The number of aromatic amines is 1. The van der Waals surface area contributed by atoms with Gasteiger partial charge in [0.25, 0.3) is 5.91 Å². The first-order valence-corrected chi connectivity index (χ1v) is 8.56. The zero-order valence-electron chi connectivity index (χ0n) is 13.1. The second kappa shape index (κ2) is 4.93. The Hall–Kier alpha value is -2.14. The Morgan fingerprint density at radius 1 is 1.13 bits per heavy atom. The van der Waals surface area contributed by atoms with E-state index < -0.39 is 0 Å². The van der Waals surface area contributed by atoms with E-state index in [1.807, 2.05) is 12.1 Å². The topological polar surface area (TPSA) is 60.5 Å². The van der Waals surface area contributed by atoms with Crippen LogP contribution in [0.2, 0.25) is 0 Å². The SMILES string of the molecule is O=C1NN=C2CN(C3CCCCC3)Cc3[nH]c4cccc1c4c32. The Morgan fingerprint density at radius 2 is 2.00 bits per heavy atom. The number of hydrazone groups is 1. The van der Waals surface area contributed by atoms with E-state index in [9.17, 15) is 4.79 Å². The van der Waals surface area contributed by atoms with Gasteiger partial charge in [-0.2, -0.15) is 5.10 Å². The van der Waals surface area contributed by atoms with Gasteiger partial charge in [0, 0.05) is 41.3 Å². The summed E-state index contributed by atoms with van der Waals surface area (Å²) in [5, 5.41) is 5.49. The van der Waals surface area contributed by atoms with Gasteiger partial charge in [-0.05, 0) is 25.0 Å². The van der Waals surface area contributed by atoms with E-state index >= 15 is 0 Å². The Balaban J connectivity index is 1.64. The van der Waals surface area contributed by atoms with Gasteiger partial charge in [-0.3, -0.25) is 9.69 Å². The molecule has 1 amide bonds. The summed E-state index contributed by atoms with van der Waals surface area (Å²) in [6, 6.07) is 6.52. The maximum Gasteiger partial charge on any atom is 0.272 e. The fraction of sp³-hybridized carbons (Fsp3) is 0.444. The molecular weight excluding hydrogens is 288 g/mol. The largest absolute Gasteiger partial charge is 0.357 e. The van der Waals surface area contributed by atoms with Crippen molar-refractivity contribution in [1.29, 1.82) is 0 Å². The molecule has 2 aliphatic heterocycles. The highest BCUT2D eigenvalue weighted by atomic mass is 16.2. The minimum Gasteiger partial charge on any atom is -0.357 e. The second-order valence-corrected chi connectivity index (χ2v) is 6.90. The average Bonchev–Trinajstić information content (AvgIpc) is 2.91. The van der Waals surface area contributed by atoms with E-state index in [0.29, 0.717) is 6.04 Å². The normalized spacial score (nSPS) is 21.9. The summed E-state index contributed by atoms with van der Waals surface area (Å²) >= 11 is 0. The monoisotopic (exact) mass is 308 g/mol. The number of benzene rings is 1. The van der Waals surface area contributed by atoms with Gasteiger partial charge >= 0.3 is 0 Å². The molecule has 5 rings (SSSR count). The van der Waals surface area contributed by atoms with Crippen molar-refractivity contribution in [1.82, 2.24) is 15.3 Å². The number of carbonyl (C=O) groups excluding carboxylic acids is 1. The third kappa shape index (κ3) is 1.96. The molecule has 0 radical (unpaired) electrons. The minimum absolute atomic E-state index is 0.108. The molecule has 1 saturated carbocycles. The number of aromatic nitrogens is 1. The average molecular weight is 308 g/mol. The van der Waals surface area contributed by atoms with Gasteiger partial charge in [0.15, 0.2) is 0 Å². The molecule has 0 atom stereocenters. The summed E-state index contributed by atoms with van der Waals surface area (Å²) < 4.78 is 0. The van der Waals surface area contributed by atoms with Crippen molar-refractivity contribution in [3.05, 3.63) is 35.0 Å². The molecule has 2 aromatic rings. The molecule has 1 aromatic carbocycles. The van der Waals surface area contributed by atoms with Crippen molar-refractivity contribution in [3.8, 4) is 0 Å². The summed E-state index contributed by atoms with van der Waals surface area (Å²) in [6.45, 7) is 1.76. The lowest BCUT2D eigenvalue weighted by Crippen LogP contribution is -2.43. The van der Waals surface area contributed by atoms with Crippen molar-refractivity contribution in [3.63, 3.8) is 0 Å². The maximum absolute atomic E-state index is 12.3. The van der Waals surface area contributed by atoms with Crippen LogP contribution >= 0.6 is 0 Å². The van der Waals surface area contributed by atoms with Gasteiger partial charge < -0.3 is 4.98 Å². The van der Waals surface area contributed by atoms with E-state index in [0.717, 1.165) is 40.8 Å². The first kappa shape index (κ1) is 13.3. The third-order valence-electron chi connectivity index (χ3n) is 5.53. The summed E-state index contributed by atoms with van der Waals surface area (Å²) in [5.41, 5.74) is 7.87. The number of hydrogen-bond acceptors (Lipinski definition) is 3. The molecule has 1 aromatic heterocycles. The van der Waals surface area contributed by atoms with Gasteiger partial charge in [-0.15, -0.1) is 0 Å². The van der Waals surface area contributed by atoms with Crippen LogP contribution in [-0.4, -0.2) is 34.1 Å². The van der Waals surface area contributed by atoms with Crippen molar-refractivity contribution < 1.29 is 4.79 Å². The number of amides is 1. The lowest BCUT2D eigenvalue weighted by molar-refractivity contribution is 0.0956. The van der Waals surface area contributed by atoms with Crippen LogP contribution in [0.3, 0.4) is 0 Å². The molecule has 2 N–H and O–H groups in total. The number of nitrogens with one attached hydrogen (secondary N) is 2. The summed E-state index contributed by atoms with van der Waals surface area (Å²) in [6.07, 6.45) is 6.57. The van der Waals surface area contributed by atoms with Crippen LogP contribution in [0.5, 0.6) is 0 Å². The van der Waals surface area contributed by atoms with Crippen LogP contribution in [0.25, 0.3) is 10.9 Å². The van der Waals surface area contributed by atoms with E-state index in [-0.39, 0.29) is 5.91 Å². The highest BCUT2D eigenvalue weighted by Crippen LogP contribution is 2.34. The number of rotatable bonds is 1.